The fourth-order valence-corrected chi connectivity index (χ4v) is 3.89. The predicted molar refractivity (Wildman–Crippen MR) is 118 cm³/mol. The Morgan fingerprint density at radius 2 is 2.00 bits per heavy atom. The van der Waals surface area contributed by atoms with Crippen LogP contribution in [0.25, 0.3) is 16.7 Å². The normalized spacial score (nSPS) is 15.0. The third kappa shape index (κ3) is 4.18. The molecule has 0 atom stereocenters. The van der Waals surface area contributed by atoms with Crippen molar-refractivity contribution in [1.82, 2.24) is 30.0 Å². The van der Waals surface area contributed by atoms with Crippen LogP contribution in [0.15, 0.2) is 30.5 Å². The minimum absolute atomic E-state index is 0.00959. The van der Waals surface area contributed by atoms with Gasteiger partial charge in [-0.1, -0.05) is 17.7 Å². The van der Waals surface area contributed by atoms with E-state index in [0.717, 1.165) is 42.0 Å². The van der Waals surface area contributed by atoms with Crippen molar-refractivity contribution in [3.05, 3.63) is 41.3 Å². The molecule has 1 aromatic carbocycles. The molecule has 30 heavy (non-hydrogen) atoms. The Hall–Kier alpha value is -2.87. The number of hydrogen-bond acceptors (Lipinski definition) is 5. The number of carbonyl (C=O) groups excluding carboxylic acids is 1. The molecule has 1 fully saturated rings. The van der Waals surface area contributed by atoms with E-state index in [1.54, 1.807) is 10.9 Å². The van der Waals surface area contributed by atoms with Crippen molar-refractivity contribution in [3.63, 3.8) is 0 Å². The van der Waals surface area contributed by atoms with Gasteiger partial charge in [0.2, 0.25) is 0 Å². The third-order valence-corrected chi connectivity index (χ3v) is 5.30. The zero-order chi connectivity index (χ0) is 21.3. The Labute approximate surface area is 180 Å². The molecule has 2 amide bonds. The fraction of sp³-hybridized carbons (Fsp3) is 0.429. The second-order valence-corrected chi connectivity index (χ2v) is 8.24. The molecule has 9 heteroatoms. The molecule has 3 heterocycles. The van der Waals surface area contributed by atoms with Gasteiger partial charge >= 0.3 is 6.03 Å². The topological polar surface area (TPSA) is 79.2 Å². The zero-order valence-corrected chi connectivity index (χ0v) is 18.2. The molecule has 0 bridgehead atoms. The van der Waals surface area contributed by atoms with Crippen molar-refractivity contribution in [2.24, 2.45) is 0 Å². The number of halogens is 1. The van der Waals surface area contributed by atoms with Crippen molar-refractivity contribution in [1.29, 1.82) is 0 Å². The van der Waals surface area contributed by atoms with E-state index in [1.807, 2.05) is 49.9 Å². The van der Waals surface area contributed by atoms with Crippen molar-refractivity contribution in [3.8, 4) is 5.69 Å². The summed E-state index contributed by atoms with van der Waals surface area (Å²) in [7, 11) is 0. The third-order valence-electron chi connectivity index (χ3n) is 5.07. The van der Waals surface area contributed by atoms with Crippen LogP contribution >= 0.6 is 11.6 Å². The lowest BCUT2D eigenvalue weighted by molar-refractivity contribution is 0.199. The highest BCUT2D eigenvalue weighted by molar-refractivity contribution is 6.30. The summed E-state index contributed by atoms with van der Waals surface area (Å²) in [6.45, 7) is 8.73. The Balaban J connectivity index is 1.64. The molecule has 0 saturated carbocycles. The highest BCUT2D eigenvalue weighted by atomic mass is 35.5. The van der Waals surface area contributed by atoms with Crippen LogP contribution in [0.2, 0.25) is 5.02 Å². The molecule has 0 aliphatic carbocycles. The predicted octanol–water partition coefficient (Wildman–Crippen LogP) is 3.41. The summed E-state index contributed by atoms with van der Waals surface area (Å²) < 4.78 is 1.79. The fourth-order valence-electron chi connectivity index (χ4n) is 3.71. The van der Waals surface area contributed by atoms with Gasteiger partial charge in [0, 0.05) is 37.2 Å². The number of aryl methyl sites for hydroxylation is 1. The van der Waals surface area contributed by atoms with E-state index >= 15 is 0 Å². The van der Waals surface area contributed by atoms with Gasteiger partial charge in [-0.3, -0.25) is 0 Å². The number of nitrogens with zero attached hydrogens (tertiary/aromatic N) is 6. The monoisotopic (exact) mass is 427 g/mol. The molecule has 8 nitrogen and oxygen atoms in total. The van der Waals surface area contributed by atoms with Crippen LogP contribution in [0.5, 0.6) is 0 Å². The molecule has 1 aliphatic rings. The summed E-state index contributed by atoms with van der Waals surface area (Å²) in [6, 6.07) is 7.66. The van der Waals surface area contributed by atoms with Gasteiger partial charge in [-0.15, -0.1) is 0 Å². The van der Waals surface area contributed by atoms with Gasteiger partial charge in [-0.2, -0.15) is 5.10 Å². The van der Waals surface area contributed by atoms with Gasteiger partial charge in [0.15, 0.2) is 5.65 Å². The number of benzene rings is 1. The van der Waals surface area contributed by atoms with E-state index in [0.29, 0.717) is 23.9 Å². The van der Waals surface area contributed by atoms with E-state index in [4.69, 9.17) is 16.6 Å². The number of urea groups is 1. The highest BCUT2D eigenvalue weighted by Gasteiger charge is 2.23. The molecule has 4 rings (SSSR count). The van der Waals surface area contributed by atoms with E-state index in [1.165, 1.54) is 0 Å². The highest BCUT2D eigenvalue weighted by Crippen LogP contribution is 2.27. The Morgan fingerprint density at radius 3 is 2.77 bits per heavy atom. The first kappa shape index (κ1) is 20.4. The van der Waals surface area contributed by atoms with Gasteiger partial charge in [-0.25, -0.2) is 19.4 Å². The van der Waals surface area contributed by atoms with Crippen LogP contribution in [0.4, 0.5) is 10.6 Å². The zero-order valence-electron chi connectivity index (χ0n) is 17.5. The Morgan fingerprint density at radius 1 is 1.17 bits per heavy atom. The van der Waals surface area contributed by atoms with Crippen LogP contribution < -0.4 is 10.2 Å². The number of anilines is 1. The molecule has 158 valence electrons. The number of carbonyl (C=O) groups is 1. The van der Waals surface area contributed by atoms with Crippen LogP contribution in [0.3, 0.4) is 0 Å². The number of hydrogen-bond donors (Lipinski definition) is 1. The van der Waals surface area contributed by atoms with E-state index in [-0.39, 0.29) is 12.1 Å². The maximum Gasteiger partial charge on any atom is 0.317 e. The summed E-state index contributed by atoms with van der Waals surface area (Å²) >= 11 is 6.17. The molecule has 1 N–H and O–H groups in total. The van der Waals surface area contributed by atoms with Gasteiger partial charge in [0.05, 0.1) is 17.3 Å². The summed E-state index contributed by atoms with van der Waals surface area (Å²) in [5.74, 6) is 1.54. The molecule has 1 saturated heterocycles. The molecule has 0 unspecified atom stereocenters. The van der Waals surface area contributed by atoms with Crippen molar-refractivity contribution >= 4 is 34.5 Å². The average molecular weight is 428 g/mol. The summed E-state index contributed by atoms with van der Waals surface area (Å²) in [5, 5.41) is 9.07. The number of aromatic nitrogens is 4. The number of nitrogens with one attached hydrogen (secondary N) is 1. The molecule has 2 aromatic heterocycles. The first-order valence-corrected chi connectivity index (χ1v) is 10.6. The van der Waals surface area contributed by atoms with Crippen LogP contribution in [-0.4, -0.2) is 62.9 Å². The summed E-state index contributed by atoms with van der Waals surface area (Å²) in [4.78, 5) is 25.9. The largest absolute Gasteiger partial charge is 0.354 e. The summed E-state index contributed by atoms with van der Waals surface area (Å²) in [5.41, 5.74) is 1.60. The van der Waals surface area contributed by atoms with Gasteiger partial charge in [0.25, 0.3) is 0 Å². The number of fused-ring (bicyclic) bond motifs is 1. The average Bonchev–Trinajstić information content (AvgIpc) is 2.95. The lowest BCUT2D eigenvalue weighted by atomic mass is 10.3. The molecular formula is C21H26ClN7O. The van der Waals surface area contributed by atoms with Crippen LogP contribution in [-0.2, 0) is 0 Å². The summed E-state index contributed by atoms with van der Waals surface area (Å²) in [6.07, 6.45) is 2.68. The maximum absolute atomic E-state index is 12.4. The smallest absolute Gasteiger partial charge is 0.317 e. The number of amides is 2. The molecular weight excluding hydrogens is 402 g/mol. The Bertz CT molecular complexity index is 1060. The second kappa shape index (κ2) is 8.47. The van der Waals surface area contributed by atoms with Crippen molar-refractivity contribution in [2.75, 3.05) is 31.1 Å². The molecule has 0 spiro atoms. The van der Waals surface area contributed by atoms with Crippen LogP contribution in [0.1, 0.15) is 26.1 Å². The lowest BCUT2D eigenvalue weighted by Gasteiger charge is -2.24. The SMILES string of the molecule is Cc1nc(N2CCCN(C(=O)NC(C)C)CC2)c2cnn(-c3cccc(Cl)c3)c2n1. The quantitative estimate of drug-likeness (QED) is 0.692. The van der Waals surface area contributed by atoms with Crippen LogP contribution in [0, 0.1) is 6.92 Å². The maximum atomic E-state index is 12.4. The minimum Gasteiger partial charge on any atom is -0.354 e. The second-order valence-electron chi connectivity index (χ2n) is 7.80. The van der Waals surface area contributed by atoms with Crippen molar-refractivity contribution in [2.45, 2.75) is 33.2 Å². The standard InChI is InChI=1S/C21H26ClN7O/c1-14(2)24-21(30)28-9-5-8-27(10-11-28)19-18-13-23-29(20(18)26-15(3)25-19)17-7-4-6-16(22)12-17/h4,6-7,12-14H,5,8-11H2,1-3H3,(H,24,30). The van der Waals surface area contributed by atoms with E-state index in [2.05, 4.69) is 20.3 Å². The van der Waals surface area contributed by atoms with Gasteiger partial charge < -0.3 is 15.1 Å². The van der Waals surface area contributed by atoms with Gasteiger partial charge in [0.1, 0.15) is 11.6 Å². The van der Waals surface area contributed by atoms with E-state index in [9.17, 15) is 4.79 Å². The number of rotatable bonds is 3. The molecule has 0 radical (unpaired) electrons. The van der Waals surface area contributed by atoms with Gasteiger partial charge in [-0.05, 0) is 45.4 Å². The first-order valence-electron chi connectivity index (χ1n) is 10.2. The molecule has 3 aromatic rings. The Kier molecular flexibility index (Phi) is 5.76. The van der Waals surface area contributed by atoms with Crippen molar-refractivity contribution < 1.29 is 4.79 Å². The van der Waals surface area contributed by atoms with E-state index < -0.39 is 0 Å². The molecule has 1 aliphatic heterocycles. The first-order chi connectivity index (χ1) is 14.4. The lowest BCUT2D eigenvalue weighted by Crippen LogP contribution is -2.44. The minimum atomic E-state index is -0.00959.